The molecule has 194 valence electrons. The molecule has 1 fully saturated rings. The zero-order valence-electron chi connectivity index (χ0n) is 21.5. The van der Waals surface area contributed by atoms with Gasteiger partial charge in [0.05, 0.1) is 7.11 Å². The van der Waals surface area contributed by atoms with Gasteiger partial charge in [0.1, 0.15) is 5.75 Å². The van der Waals surface area contributed by atoms with Gasteiger partial charge in [-0.05, 0) is 72.4 Å². The summed E-state index contributed by atoms with van der Waals surface area (Å²) < 4.78 is 23.3. The molecule has 1 aliphatic rings. The second kappa shape index (κ2) is 15.7. The van der Waals surface area contributed by atoms with Gasteiger partial charge in [-0.1, -0.05) is 63.8 Å². The van der Waals surface area contributed by atoms with Crippen LogP contribution in [-0.2, 0) is 4.79 Å². The number of hydrogen-bond donors (Lipinski definition) is 2. The molecule has 3 N–H and O–H groups in total. The van der Waals surface area contributed by atoms with Crippen molar-refractivity contribution in [2.45, 2.75) is 64.7 Å². The molecule has 0 spiro atoms. The lowest BCUT2D eigenvalue weighted by Crippen LogP contribution is -2.30. The molecular weight excluding hydrogens is 463 g/mol. The summed E-state index contributed by atoms with van der Waals surface area (Å²) in [5.74, 6) is 3.36. The van der Waals surface area contributed by atoms with Gasteiger partial charge in [-0.25, -0.2) is 4.39 Å². The third-order valence-electron chi connectivity index (χ3n) is 6.34. The molecule has 0 aliphatic heterocycles. The molecule has 2 aromatic carbocycles. The summed E-state index contributed by atoms with van der Waals surface area (Å²) in [6.07, 6.45) is 6.62. The number of hydrogen-bond acceptors (Lipinski definition) is 5. The van der Waals surface area contributed by atoms with E-state index in [1.807, 2.05) is 12.1 Å². The molecule has 0 aromatic heterocycles. The molecule has 7 heteroatoms. The van der Waals surface area contributed by atoms with E-state index >= 15 is 0 Å². The average Bonchev–Trinajstić information content (AvgIpc) is 3.33. The molecule has 1 aliphatic carbocycles. The molecule has 2 atom stereocenters. The first-order chi connectivity index (χ1) is 16.9. The fourth-order valence-corrected chi connectivity index (χ4v) is 4.59. The highest BCUT2D eigenvalue weighted by atomic mass is 32.2. The predicted molar refractivity (Wildman–Crippen MR) is 144 cm³/mol. The molecule has 1 saturated carbocycles. The maximum atomic E-state index is 12.9. The average molecular weight is 505 g/mol. The summed E-state index contributed by atoms with van der Waals surface area (Å²) in [4.78, 5) is 11.6. The number of carbonyl (C=O) groups is 1. The molecule has 0 saturated heterocycles. The van der Waals surface area contributed by atoms with Crippen LogP contribution in [0.2, 0.25) is 0 Å². The molecule has 1 amide bonds. The van der Waals surface area contributed by atoms with Crippen molar-refractivity contribution in [3.05, 3.63) is 59.4 Å². The van der Waals surface area contributed by atoms with Crippen molar-refractivity contribution in [2.75, 3.05) is 26.0 Å². The van der Waals surface area contributed by atoms with Gasteiger partial charge in [-0.15, -0.1) is 0 Å². The van der Waals surface area contributed by atoms with Crippen LogP contribution in [-0.4, -0.2) is 31.9 Å². The van der Waals surface area contributed by atoms with Gasteiger partial charge >= 0.3 is 0 Å². The highest BCUT2D eigenvalue weighted by Crippen LogP contribution is 2.40. The lowest BCUT2D eigenvalue weighted by Gasteiger charge is -2.12. The number of amides is 1. The first-order valence-electron chi connectivity index (χ1n) is 12.5. The molecule has 2 unspecified atom stereocenters. The summed E-state index contributed by atoms with van der Waals surface area (Å²) in [5, 5.41) is 8.07. The van der Waals surface area contributed by atoms with E-state index in [9.17, 15) is 9.18 Å². The fraction of sp³-hybridized carbons (Fsp3) is 0.536. The van der Waals surface area contributed by atoms with Crippen molar-refractivity contribution >= 4 is 17.9 Å². The highest BCUT2D eigenvalue weighted by Gasteiger charge is 2.25. The second-order valence-corrected chi connectivity index (χ2v) is 10.0. The SMILES string of the molecule is CCCC1CCC(c2ccc(OCC(=O)NCCSN)cc2)C1.COc1cc(C(C)C)ccc1F. The van der Waals surface area contributed by atoms with Crippen LogP contribution in [0.25, 0.3) is 0 Å². The molecule has 3 rings (SSSR count). The minimum Gasteiger partial charge on any atom is -0.494 e. The Labute approximate surface area is 214 Å². The van der Waals surface area contributed by atoms with Crippen molar-refractivity contribution in [2.24, 2.45) is 11.1 Å². The third kappa shape index (κ3) is 10.1. The molecule has 5 nitrogen and oxygen atoms in total. The molecule has 2 aromatic rings. The van der Waals surface area contributed by atoms with E-state index in [0.717, 1.165) is 17.2 Å². The number of rotatable bonds is 11. The monoisotopic (exact) mass is 504 g/mol. The Balaban J connectivity index is 0.000000303. The van der Waals surface area contributed by atoms with Gasteiger partial charge < -0.3 is 14.8 Å². The number of carbonyl (C=O) groups excluding carboxylic acids is 1. The Morgan fingerprint density at radius 3 is 2.57 bits per heavy atom. The van der Waals surface area contributed by atoms with Crippen LogP contribution in [0.5, 0.6) is 11.5 Å². The normalized spacial score (nSPS) is 17.0. The number of methoxy groups -OCH3 is 1. The van der Waals surface area contributed by atoms with Crippen LogP contribution < -0.4 is 19.9 Å². The minimum absolute atomic E-state index is 0.0522. The molecular formula is C28H41FN2O3S. The Hall–Kier alpha value is -2.25. The summed E-state index contributed by atoms with van der Waals surface area (Å²) >= 11 is 1.22. The number of nitrogens with two attached hydrogens (primary N) is 1. The summed E-state index contributed by atoms with van der Waals surface area (Å²) in [5.41, 5.74) is 2.49. The van der Waals surface area contributed by atoms with Crippen LogP contribution in [0.4, 0.5) is 4.39 Å². The number of benzene rings is 2. The van der Waals surface area contributed by atoms with Gasteiger partial charge in [0, 0.05) is 12.3 Å². The number of ether oxygens (including phenoxy) is 2. The zero-order chi connectivity index (χ0) is 25.6. The van der Waals surface area contributed by atoms with Crippen molar-refractivity contribution in [3.8, 4) is 11.5 Å². The number of nitrogens with one attached hydrogen (secondary N) is 1. The standard InChI is InChI=1S/C18H28N2O2S.C10H13FO/c1-2-3-14-4-5-16(12-14)15-6-8-17(9-7-15)22-13-18(21)20-10-11-23-19;1-7(2)8-4-5-9(11)10(6-8)12-3/h6-9,14,16H,2-5,10-13,19H2,1H3,(H,20,21);4-7H,1-3H3. The predicted octanol–water partition coefficient (Wildman–Crippen LogP) is 6.43. The molecule has 35 heavy (non-hydrogen) atoms. The van der Waals surface area contributed by atoms with E-state index in [1.54, 1.807) is 12.1 Å². The van der Waals surface area contributed by atoms with Gasteiger partial charge in [-0.3, -0.25) is 9.93 Å². The lowest BCUT2D eigenvalue weighted by molar-refractivity contribution is -0.122. The quantitative estimate of drug-likeness (QED) is 0.272. The summed E-state index contributed by atoms with van der Waals surface area (Å²) in [6, 6.07) is 13.2. The maximum absolute atomic E-state index is 12.9. The van der Waals surface area contributed by atoms with E-state index in [4.69, 9.17) is 14.6 Å². The van der Waals surface area contributed by atoms with Gasteiger partial charge in [-0.2, -0.15) is 0 Å². The van der Waals surface area contributed by atoms with Gasteiger partial charge in [0.25, 0.3) is 5.91 Å². The molecule has 0 bridgehead atoms. The molecule has 0 heterocycles. The third-order valence-corrected chi connectivity index (χ3v) is 6.78. The van der Waals surface area contributed by atoms with Crippen LogP contribution in [0.15, 0.2) is 42.5 Å². The largest absolute Gasteiger partial charge is 0.494 e. The topological polar surface area (TPSA) is 73.6 Å². The second-order valence-electron chi connectivity index (χ2n) is 9.29. The van der Waals surface area contributed by atoms with Crippen LogP contribution in [0, 0.1) is 11.7 Å². The summed E-state index contributed by atoms with van der Waals surface area (Å²) in [6.45, 7) is 7.02. The first kappa shape index (κ1) is 29.0. The Morgan fingerprint density at radius 2 is 1.94 bits per heavy atom. The van der Waals surface area contributed by atoms with E-state index in [1.165, 1.54) is 62.8 Å². The lowest BCUT2D eigenvalue weighted by atomic mass is 9.95. The Bertz CT molecular complexity index is 892. The van der Waals surface area contributed by atoms with Crippen LogP contribution in [0.1, 0.15) is 75.8 Å². The van der Waals surface area contributed by atoms with Gasteiger partial charge in [0.2, 0.25) is 0 Å². The van der Waals surface area contributed by atoms with Crippen molar-refractivity contribution in [1.82, 2.24) is 5.32 Å². The maximum Gasteiger partial charge on any atom is 0.257 e. The Morgan fingerprint density at radius 1 is 1.20 bits per heavy atom. The van der Waals surface area contributed by atoms with Crippen molar-refractivity contribution in [3.63, 3.8) is 0 Å². The minimum atomic E-state index is -0.304. The van der Waals surface area contributed by atoms with E-state index in [0.29, 0.717) is 29.9 Å². The first-order valence-corrected chi connectivity index (χ1v) is 13.6. The van der Waals surface area contributed by atoms with E-state index in [-0.39, 0.29) is 18.3 Å². The van der Waals surface area contributed by atoms with E-state index < -0.39 is 0 Å². The van der Waals surface area contributed by atoms with Crippen molar-refractivity contribution in [1.29, 1.82) is 0 Å². The van der Waals surface area contributed by atoms with Crippen LogP contribution in [0.3, 0.4) is 0 Å². The number of halogens is 1. The smallest absolute Gasteiger partial charge is 0.257 e. The van der Waals surface area contributed by atoms with Gasteiger partial charge in [0.15, 0.2) is 18.2 Å². The fourth-order valence-electron chi connectivity index (χ4n) is 4.37. The van der Waals surface area contributed by atoms with Crippen LogP contribution >= 0.6 is 11.9 Å². The highest BCUT2D eigenvalue weighted by molar-refractivity contribution is 7.97. The zero-order valence-corrected chi connectivity index (χ0v) is 22.3. The Kier molecular flexibility index (Phi) is 13.0. The van der Waals surface area contributed by atoms with E-state index in [2.05, 4.69) is 38.2 Å². The van der Waals surface area contributed by atoms with Crippen molar-refractivity contribution < 1.29 is 18.7 Å². The summed E-state index contributed by atoms with van der Waals surface area (Å²) in [7, 11) is 1.47. The molecule has 0 radical (unpaired) electrons.